The second-order valence-corrected chi connectivity index (χ2v) is 4.36. The first kappa shape index (κ1) is 12.7. The Morgan fingerprint density at radius 2 is 2.17 bits per heavy atom. The topological polar surface area (TPSA) is 39.2 Å². The van der Waals surface area contributed by atoms with Crippen LogP contribution in [0.5, 0.6) is 5.75 Å². The van der Waals surface area contributed by atoms with Crippen LogP contribution in [-0.2, 0) is 0 Å². The third-order valence-electron chi connectivity index (χ3n) is 2.43. The summed E-state index contributed by atoms with van der Waals surface area (Å²) in [7, 11) is 1.35. The second-order valence-electron chi connectivity index (χ2n) is 3.51. The molecule has 0 amide bonds. The van der Waals surface area contributed by atoms with E-state index >= 15 is 0 Å². The molecule has 0 aliphatic heterocycles. The quantitative estimate of drug-likeness (QED) is 0.817. The van der Waals surface area contributed by atoms with E-state index in [1.54, 1.807) is 24.4 Å². The van der Waals surface area contributed by atoms with Crippen LogP contribution in [0, 0.1) is 5.82 Å². The van der Waals surface area contributed by atoms with E-state index in [-0.39, 0.29) is 11.3 Å². The number of hydrogen-bond acceptors (Lipinski definition) is 3. The molecule has 1 aromatic carbocycles. The maximum atomic E-state index is 14.1. The zero-order chi connectivity index (χ0) is 13.1. The fourth-order valence-electron chi connectivity index (χ4n) is 1.54. The summed E-state index contributed by atoms with van der Waals surface area (Å²) < 4.78 is 19.3. The molecule has 0 aliphatic carbocycles. The Morgan fingerprint density at radius 3 is 2.78 bits per heavy atom. The number of pyridine rings is 1. The molecule has 0 radical (unpaired) electrons. The molecule has 1 aromatic heterocycles. The first-order valence-electron chi connectivity index (χ1n) is 5.12. The van der Waals surface area contributed by atoms with Gasteiger partial charge in [0.15, 0.2) is 17.3 Å². The van der Waals surface area contributed by atoms with Crippen LogP contribution in [0.1, 0.15) is 15.9 Å². The summed E-state index contributed by atoms with van der Waals surface area (Å²) in [5, 5.41) is 0. The average Bonchev–Trinajstić information content (AvgIpc) is 2.40. The molecule has 2 aromatic rings. The standard InChI is InChI=1S/C13H9BrFNO2/c1-18-10-5-4-9(14)11(12(10)15)13(17)8-3-2-6-16-7-8/h2-7H,1H3. The average molecular weight is 310 g/mol. The summed E-state index contributed by atoms with van der Waals surface area (Å²) in [6.45, 7) is 0. The Morgan fingerprint density at radius 1 is 1.39 bits per heavy atom. The summed E-state index contributed by atoms with van der Waals surface area (Å²) in [4.78, 5) is 16.0. The Balaban J connectivity index is 2.55. The molecule has 1 heterocycles. The van der Waals surface area contributed by atoms with Crippen molar-refractivity contribution >= 4 is 21.7 Å². The number of nitrogens with zero attached hydrogens (tertiary/aromatic N) is 1. The van der Waals surface area contributed by atoms with Crippen molar-refractivity contribution in [2.75, 3.05) is 7.11 Å². The first-order valence-corrected chi connectivity index (χ1v) is 5.91. The molecule has 5 heteroatoms. The zero-order valence-corrected chi connectivity index (χ0v) is 11.1. The van der Waals surface area contributed by atoms with Gasteiger partial charge in [-0.05, 0) is 40.2 Å². The number of ketones is 1. The monoisotopic (exact) mass is 309 g/mol. The van der Waals surface area contributed by atoms with Gasteiger partial charge in [-0.2, -0.15) is 0 Å². The van der Waals surface area contributed by atoms with Crippen molar-refractivity contribution in [3.05, 3.63) is 58.1 Å². The highest BCUT2D eigenvalue weighted by molar-refractivity contribution is 9.10. The van der Waals surface area contributed by atoms with Gasteiger partial charge in [0.05, 0.1) is 12.7 Å². The summed E-state index contributed by atoms with van der Waals surface area (Å²) in [6, 6.07) is 6.24. The lowest BCUT2D eigenvalue weighted by Crippen LogP contribution is -2.07. The number of benzene rings is 1. The van der Waals surface area contributed by atoms with Crippen molar-refractivity contribution in [2.24, 2.45) is 0 Å². The van der Waals surface area contributed by atoms with Gasteiger partial charge in [0.1, 0.15) is 0 Å². The number of ether oxygens (including phenoxy) is 1. The zero-order valence-electron chi connectivity index (χ0n) is 9.48. The molecule has 92 valence electrons. The van der Waals surface area contributed by atoms with Crippen LogP contribution in [0.4, 0.5) is 4.39 Å². The van der Waals surface area contributed by atoms with Gasteiger partial charge in [-0.3, -0.25) is 9.78 Å². The molecule has 0 spiro atoms. The lowest BCUT2D eigenvalue weighted by molar-refractivity contribution is 0.103. The van der Waals surface area contributed by atoms with Gasteiger partial charge >= 0.3 is 0 Å². The van der Waals surface area contributed by atoms with Crippen LogP contribution >= 0.6 is 15.9 Å². The van der Waals surface area contributed by atoms with Crippen LogP contribution < -0.4 is 4.74 Å². The SMILES string of the molecule is COc1ccc(Br)c(C(=O)c2cccnc2)c1F. The summed E-state index contributed by atoms with van der Waals surface area (Å²) in [5.41, 5.74) is 0.271. The normalized spacial score (nSPS) is 10.2. The van der Waals surface area contributed by atoms with Gasteiger partial charge < -0.3 is 4.74 Å². The second kappa shape index (κ2) is 5.27. The molecule has 2 rings (SSSR count). The van der Waals surface area contributed by atoms with Gasteiger partial charge in [-0.15, -0.1) is 0 Å². The fraction of sp³-hybridized carbons (Fsp3) is 0.0769. The Kier molecular flexibility index (Phi) is 3.72. The number of methoxy groups -OCH3 is 1. The van der Waals surface area contributed by atoms with E-state index < -0.39 is 11.6 Å². The van der Waals surface area contributed by atoms with Crippen molar-refractivity contribution in [1.82, 2.24) is 4.98 Å². The van der Waals surface area contributed by atoms with E-state index in [2.05, 4.69) is 20.9 Å². The molecular formula is C13H9BrFNO2. The van der Waals surface area contributed by atoms with Crippen molar-refractivity contribution in [3.8, 4) is 5.75 Å². The van der Waals surface area contributed by atoms with E-state index in [4.69, 9.17) is 4.74 Å². The lowest BCUT2D eigenvalue weighted by atomic mass is 10.0. The van der Waals surface area contributed by atoms with Gasteiger partial charge in [-0.25, -0.2) is 4.39 Å². The van der Waals surface area contributed by atoms with Crippen LogP contribution in [0.2, 0.25) is 0 Å². The van der Waals surface area contributed by atoms with Crippen molar-refractivity contribution in [1.29, 1.82) is 0 Å². The Labute approximate surface area is 112 Å². The van der Waals surface area contributed by atoms with Gasteiger partial charge in [0, 0.05) is 22.4 Å². The minimum atomic E-state index is -0.680. The molecule has 0 aliphatic rings. The number of hydrogen-bond donors (Lipinski definition) is 0. The van der Waals surface area contributed by atoms with Crippen molar-refractivity contribution < 1.29 is 13.9 Å². The minimum absolute atomic E-state index is 0.0328. The Hall–Kier alpha value is -1.75. The van der Waals surface area contributed by atoms with Crippen LogP contribution in [-0.4, -0.2) is 17.9 Å². The molecule has 0 atom stereocenters. The van der Waals surface area contributed by atoms with Gasteiger partial charge in [0.25, 0.3) is 0 Å². The highest BCUT2D eigenvalue weighted by Gasteiger charge is 2.20. The van der Waals surface area contributed by atoms with Crippen LogP contribution in [0.15, 0.2) is 41.1 Å². The molecular weight excluding hydrogens is 301 g/mol. The van der Waals surface area contributed by atoms with Crippen LogP contribution in [0.3, 0.4) is 0 Å². The van der Waals surface area contributed by atoms with E-state index in [1.807, 2.05) is 0 Å². The summed E-state index contributed by atoms with van der Waals surface area (Å²) in [6.07, 6.45) is 2.95. The third-order valence-corrected chi connectivity index (χ3v) is 3.09. The van der Waals surface area contributed by atoms with E-state index in [9.17, 15) is 9.18 Å². The number of aromatic nitrogens is 1. The van der Waals surface area contributed by atoms with Crippen molar-refractivity contribution in [2.45, 2.75) is 0 Å². The molecule has 18 heavy (non-hydrogen) atoms. The fourth-order valence-corrected chi connectivity index (χ4v) is 2.03. The molecule has 3 nitrogen and oxygen atoms in total. The molecule has 0 fully saturated rings. The molecule has 0 saturated heterocycles. The van der Waals surface area contributed by atoms with Crippen LogP contribution in [0.25, 0.3) is 0 Å². The predicted octanol–water partition coefficient (Wildman–Crippen LogP) is 3.22. The van der Waals surface area contributed by atoms with Gasteiger partial charge in [-0.1, -0.05) is 0 Å². The molecule has 0 saturated carbocycles. The maximum absolute atomic E-state index is 14.1. The number of carbonyl (C=O) groups is 1. The largest absolute Gasteiger partial charge is 0.494 e. The minimum Gasteiger partial charge on any atom is -0.494 e. The summed E-state index contributed by atoms with van der Waals surface area (Å²) in [5.74, 6) is -1.09. The number of rotatable bonds is 3. The third kappa shape index (κ3) is 2.26. The smallest absolute Gasteiger partial charge is 0.198 e. The summed E-state index contributed by atoms with van der Waals surface area (Å²) >= 11 is 3.17. The number of halogens is 2. The van der Waals surface area contributed by atoms with E-state index in [0.717, 1.165) is 0 Å². The first-order chi connectivity index (χ1) is 8.65. The van der Waals surface area contributed by atoms with E-state index in [1.165, 1.54) is 19.4 Å². The molecule has 0 N–H and O–H groups in total. The molecule has 0 unspecified atom stereocenters. The highest BCUT2D eigenvalue weighted by Crippen LogP contribution is 2.29. The number of carbonyl (C=O) groups excluding carboxylic acids is 1. The highest BCUT2D eigenvalue weighted by atomic mass is 79.9. The predicted molar refractivity (Wildman–Crippen MR) is 68.3 cm³/mol. The van der Waals surface area contributed by atoms with E-state index in [0.29, 0.717) is 10.0 Å². The van der Waals surface area contributed by atoms with Crippen molar-refractivity contribution in [3.63, 3.8) is 0 Å². The van der Waals surface area contributed by atoms with Gasteiger partial charge in [0.2, 0.25) is 0 Å². The lowest BCUT2D eigenvalue weighted by Gasteiger charge is -2.08. The Bertz CT molecular complexity index is 587. The maximum Gasteiger partial charge on any atom is 0.198 e. The molecule has 0 bridgehead atoms.